The largest absolute Gasteiger partial charge is 0.368 e. The predicted octanol–water partition coefficient (Wildman–Crippen LogP) is 2.67. The first-order valence-electron chi connectivity index (χ1n) is 10.9. The van der Waals surface area contributed by atoms with E-state index in [4.69, 9.17) is 0 Å². The molecule has 1 aromatic carbocycles. The number of fused-ring (bicyclic) bond motifs is 2. The van der Waals surface area contributed by atoms with Crippen molar-refractivity contribution < 1.29 is 4.79 Å². The lowest BCUT2D eigenvalue weighted by molar-refractivity contribution is 0.102. The van der Waals surface area contributed by atoms with Crippen LogP contribution in [0.5, 0.6) is 0 Å². The SMILES string of the molecule is Cc1cn2cc(NC(=O)c3ccc(N4C[C@@H](C)N[C@@H](C)C4)c4cn(C)nc34)nc(C)c2n1. The molecule has 0 saturated carbocycles. The van der Waals surface area contributed by atoms with Crippen LogP contribution in [-0.4, -0.2) is 55.2 Å². The lowest BCUT2D eigenvalue weighted by Gasteiger charge is -2.38. The number of aryl methyl sites for hydroxylation is 3. The maximum absolute atomic E-state index is 13.2. The van der Waals surface area contributed by atoms with E-state index in [1.54, 1.807) is 10.9 Å². The maximum Gasteiger partial charge on any atom is 0.259 e. The Morgan fingerprint density at radius 2 is 1.84 bits per heavy atom. The molecule has 5 rings (SSSR count). The van der Waals surface area contributed by atoms with Gasteiger partial charge in [0.1, 0.15) is 11.3 Å². The molecule has 1 aliphatic heterocycles. The first-order chi connectivity index (χ1) is 15.3. The number of benzene rings is 1. The summed E-state index contributed by atoms with van der Waals surface area (Å²) in [7, 11) is 1.88. The number of hydrogen-bond acceptors (Lipinski definition) is 6. The van der Waals surface area contributed by atoms with E-state index >= 15 is 0 Å². The van der Waals surface area contributed by atoms with Crippen molar-refractivity contribution in [3.63, 3.8) is 0 Å². The summed E-state index contributed by atoms with van der Waals surface area (Å²) in [5.74, 6) is 0.251. The zero-order chi connectivity index (χ0) is 22.6. The monoisotopic (exact) mass is 432 g/mol. The van der Waals surface area contributed by atoms with Crippen molar-refractivity contribution >= 4 is 34.0 Å². The van der Waals surface area contributed by atoms with E-state index in [1.807, 2.05) is 49.8 Å². The van der Waals surface area contributed by atoms with Gasteiger partial charge in [-0.25, -0.2) is 9.97 Å². The Labute approximate surface area is 186 Å². The van der Waals surface area contributed by atoms with Gasteiger partial charge in [-0.2, -0.15) is 5.10 Å². The number of carbonyl (C=O) groups is 1. The van der Waals surface area contributed by atoms with Crippen molar-refractivity contribution in [2.75, 3.05) is 23.3 Å². The predicted molar refractivity (Wildman–Crippen MR) is 125 cm³/mol. The summed E-state index contributed by atoms with van der Waals surface area (Å²) in [6.45, 7) is 10.0. The summed E-state index contributed by atoms with van der Waals surface area (Å²) < 4.78 is 3.65. The Morgan fingerprint density at radius 1 is 1.09 bits per heavy atom. The molecule has 4 heterocycles. The second kappa shape index (κ2) is 7.59. The average Bonchev–Trinajstić information content (AvgIpc) is 3.28. The van der Waals surface area contributed by atoms with Gasteiger partial charge in [-0.3, -0.25) is 9.48 Å². The normalized spacial score (nSPS) is 19.1. The van der Waals surface area contributed by atoms with Crippen molar-refractivity contribution in [2.24, 2.45) is 7.05 Å². The molecule has 3 aromatic heterocycles. The number of piperazine rings is 1. The van der Waals surface area contributed by atoms with E-state index in [2.05, 4.69) is 44.4 Å². The van der Waals surface area contributed by atoms with E-state index in [9.17, 15) is 4.79 Å². The fourth-order valence-electron chi connectivity index (χ4n) is 4.71. The number of nitrogens with one attached hydrogen (secondary N) is 2. The Hall–Kier alpha value is -3.46. The molecular formula is C23H28N8O. The van der Waals surface area contributed by atoms with Gasteiger partial charge in [0.2, 0.25) is 0 Å². The molecule has 1 fully saturated rings. The van der Waals surface area contributed by atoms with Gasteiger partial charge in [0.15, 0.2) is 5.65 Å². The lowest BCUT2D eigenvalue weighted by Crippen LogP contribution is -2.54. The molecule has 32 heavy (non-hydrogen) atoms. The number of amides is 1. The van der Waals surface area contributed by atoms with Gasteiger partial charge in [0.25, 0.3) is 5.91 Å². The summed E-state index contributed by atoms with van der Waals surface area (Å²) in [5, 5.41) is 12.1. The quantitative estimate of drug-likeness (QED) is 0.517. The molecule has 0 bridgehead atoms. The van der Waals surface area contributed by atoms with Crippen LogP contribution in [0, 0.1) is 13.8 Å². The Balaban J connectivity index is 1.50. The van der Waals surface area contributed by atoms with E-state index in [-0.39, 0.29) is 5.91 Å². The summed E-state index contributed by atoms with van der Waals surface area (Å²) >= 11 is 0. The third kappa shape index (κ3) is 3.58. The minimum atomic E-state index is -0.231. The van der Waals surface area contributed by atoms with Gasteiger partial charge in [0, 0.05) is 55.7 Å². The van der Waals surface area contributed by atoms with E-state index < -0.39 is 0 Å². The molecule has 2 atom stereocenters. The van der Waals surface area contributed by atoms with Gasteiger partial charge < -0.3 is 19.9 Å². The van der Waals surface area contributed by atoms with Gasteiger partial charge in [-0.15, -0.1) is 0 Å². The topological polar surface area (TPSA) is 92.4 Å². The summed E-state index contributed by atoms with van der Waals surface area (Å²) in [6, 6.07) is 4.68. The van der Waals surface area contributed by atoms with Crippen molar-refractivity contribution in [1.29, 1.82) is 0 Å². The number of imidazole rings is 1. The fraction of sp³-hybridized carbons (Fsp3) is 0.391. The lowest BCUT2D eigenvalue weighted by atomic mass is 10.1. The standard InChI is InChI=1S/C23H28N8O/c1-13-8-30(9-14(2)24-13)19-7-6-17(21-18(19)11-29(5)28-21)23(32)27-20-12-31-10-15(3)25-22(31)16(4)26-20/h6-7,10-14,24H,8-9H2,1-5H3,(H,27,32)/t13-,14+. The van der Waals surface area contributed by atoms with Crippen LogP contribution in [0.3, 0.4) is 0 Å². The third-order valence-electron chi connectivity index (χ3n) is 5.88. The highest BCUT2D eigenvalue weighted by Gasteiger charge is 2.25. The molecule has 166 valence electrons. The Morgan fingerprint density at radius 3 is 2.59 bits per heavy atom. The zero-order valence-electron chi connectivity index (χ0n) is 19.0. The maximum atomic E-state index is 13.2. The minimum Gasteiger partial charge on any atom is -0.368 e. The van der Waals surface area contributed by atoms with Gasteiger partial charge in [-0.1, -0.05) is 0 Å². The molecule has 4 aromatic rings. The number of nitrogens with zero attached hydrogens (tertiary/aromatic N) is 6. The fourth-order valence-corrected chi connectivity index (χ4v) is 4.71. The molecule has 0 spiro atoms. The molecule has 2 N–H and O–H groups in total. The summed E-state index contributed by atoms with van der Waals surface area (Å²) in [5.41, 5.74) is 4.78. The second-order valence-corrected chi connectivity index (χ2v) is 8.85. The Kier molecular flexibility index (Phi) is 4.85. The third-order valence-corrected chi connectivity index (χ3v) is 5.88. The number of carbonyl (C=O) groups excluding carboxylic acids is 1. The summed E-state index contributed by atoms with van der Waals surface area (Å²) in [4.78, 5) is 24.6. The molecule has 1 amide bonds. The summed E-state index contributed by atoms with van der Waals surface area (Å²) in [6.07, 6.45) is 5.69. The first-order valence-corrected chi connectivity index (χ1v) is 10.9. The first kappa shape index (κ1) is 20.4. The van der Waals surface area contributed by atoms with Gasteiger partial charge >= 0.3 is 0 Å². The van der Waals surface area contributed by atoms with Gasteiger partial charge in [-0.05, 0) is 39.8 Å². The molecule has 9 heteroatoms. The highest BCUT2D eigenvalue weighted by atomic mass is 16.1. The van der Waals surface area contributed by atoms with E-state index in [0.717, 1.165) is 41.2 Å². The van der Waals surface area contributed by atoms with Crippen LogP contribution in [0.25, 0.3) is 16.6 Å². The highest BCUT2D eigenvalue weighted by molar-refractivity contribution is 6.13. The van der Waals surface area contributed by atoms with Crippen LogP contribution in [0.4, 0.5) is 11.5 Å². The van der Waals surface area contributed by atoms with Crippen LogP contribution in [0.15, 0.2) is 30.7 Å². The smallest absolute Gasteiger partial charge is 0.259 e. The minimum absolute atomic E-state index is 0.231. The van der Waals surface area contributed by atoms with Crippen molar-refractivity contribution in [2.45, 2.75) is 39.8 Å². The molecule has 0 unspecified atom stereocenters. The number of anilines is 2. The molecule has 1 saturated heterocycles. The van der Waals surface area contributed by atoms with Crippen molar-refractivity contribution in [3.8, 4) is 0 Å². The second-order valence-electron chi connectivity index (χ2n) is 8.85. The van der Waals surface area contributed by atoms with Crippen molar-refractivity contribution in [1.82, 2.24) is 29.5 Å². The molecular weight excluding hydrogens is 404 g/mol. The Bertz CT molecular complexity index is 1330. The molecule has 1 aliphatic rings. The van der Waals surface area contributed by atoms with E-state index in [1.165, 1.54) is 0 Å². The number of aromatic nitrogens is 5. The number of rotatable bonds is 3. The van der Waals surface area contributed by atoms with Crippen LogP contribution >= 0.6 is 0 Å². The molecule has 0 aliphatic carbocycles. The van der Waals surface area contributed by atoms with Crippen molar-refractivity contribution in [3.05, 3.63) is 47.7 Å². The average molecular weight is 433 g/mol. The van der Waals surface area contributed by atoms with Gasteiger partial charge in [0.05, 0.1) is 23.1 Å². The van der Waals surface area contributed by atoms with Crippen LogP contribution in [0.1, 0.15) is 35.6 Å². The zero-order valence-corrected chi connectivity index (χ0v) is 19.0. The highest BCUT2D eigenvalue weighted by Crippen LogP contribution is 2.30. The number of hydrogen-bond donors (Lipinski definition) is 2. The van der Waals surface area contributed by atoms with E-state index in [0.29, 0.717) is 29.0 Å². The van der Waals surface area contributed by atoms with Crippen LogP contribution in [0.2, 0.25) is 0 Å². The van der Waals surface area contributed by atoms with Crippen LogP contribution in [-0.2, 0) is 7.05 Å². The van der Waals surface area contributed by atoms with Crippen LogP contribution < -0.4 is 15.5 Å². The molecule has 0 radical (unpaired) electrons. The molecule has 9 nitrogen and oxygen atoms in total.